The molecule has 0 saturated heterocycles. The second-order valence-corrected chi connectivity index (χ2v) is 7.55. The Morgan fingerprint density at radius 1 is 0.786 bits per heavy atom. The van der Waals surface area contributed by atoms with Crippen LogP contribution in [0.5, 0.6) is 0 Å². The van der Waals surface area contributed by atoms with Crippen molar-refractivity contribution in [2.45, 2.75) is 73.1 Å². The van der Waals surface area contributed by atoms with Crippen molar-refractivity contribution in [1.29, 1.82) is 0 Å². The van der Waals surface area contributed by atoms with Crippen molar-refractivity contribution in [1.82, 2.24) is 4.90 Å². The van der Waals surface area contributed by atoms with Gasteiger partial charge < -0.3 is 9.64 Å². The van der Waals surface area contributed by atoms with Gasteiger partial charge in [-0.2, -0.15) is 0 Å². The average molecular weight is 390 g/mol. The summed E-state index contributed by atoms with van der Waals surface area (Å²) in [4.78, 5) is 24.8. The monoisotopic (exact) mass is 389 g/mol. The molecule has 28 heavy (non-hydrogen) atoms. The summed E-state index contributed by atoms with van der Waals surface area (Å²) in [6.45, 7) is 10.4. The fourth-order valence-corrected chi connectivity index (χ4v) is 2.71. The van der Waals surface area contributed by atoms with E-state index in [0.29, 0.717) is 6.61 Å². The highest BCUT2D eigenvalue weighted by atomic mass is 16.5. The van der Waals surface area contributed by atoms with Crippen LogP contribution in [0.2, 0.25) is 0 Å². The normalized spacial score (nSPS) is 13.5. The first-order valence-corrected chi connectivity index (χ1v) is 10.2. The Morgan fingerprint density at radius 2 is 1.25 bits per heavy atom. The fraction of sp³-hybridized carbons (Fsp3) is 0.583. The summed E-state index contributed by atoms with van der Waals surface area (Å²) in [5.41, 5.74) is 4.60. The van der Waals surface area contributed by atoms with Gasteiger partial charge >= 0.3 is 5.97 Å². The van der Waals surface area contributed by atoms with Gasteiger partial charge in [-0.25, -0.2) is 4.79 Å². The van der Waals surface area contributed by atoms with Gasteiger partial charge in [0.2, 0.25) is 5.91 Å². The summed E-state index contributed by atoms with van der Waals surface area (Å²) in [5.74, 6) is -0.174. The molecule has 0 fully saturated rings. The lowest BCUT2D eigenvalue weighted by molar-refractivity contribution is -0.137. The number of amides is 1. The Morgan fingerprint density at radius 3 is 1.71 bits per heavy atom. The number of nitrogens with zero attached hydrogens (tertiary/aromatic N) is 1. The first-order valence-electron chi connectivity index (χ1n) is 10.2. The molecule has 0 radical (unpaired) electrons. The molecule has 0 rings (SSSR count). The highest BCUT2D eigenvalue weighted by molar-refractivity contribution is 5.92. The fourth-order valence-electron chi connectivity index (χ4n) is 2.71. The number of rotatable bonds is 12. The first kappa shape index (κ1) is 25.9. The highest BCUT2D eigenvalue weighted by Gasteiger charge is 2.05. The van der Waals surface area contributed by atoms with Gasteiger partial charge in [0.25, 0.3) is 0 Å². The zero-order chi connectivity index (χ0) is 21.5. The van der Waals surface area contributed by atoms with E-state index >= 15 is 0 Å². The van der Waals surface area contributed by atoms with Gasteiger partial charge in [-0.1, -0.05) is 34.9 Å². The Kier molecular flexibility index (Phi) is 13.8. The lowest BCUT2D eigenvalue weighted by Gasteiger charge is -2.10. The minimum Gasteiger partial charge on any atom is -0.463 e. The zero-order valence-electron chi connectivity index (χ0n) is 18.9. The molecule has 0 aliphatic heterocycles. The third-order valence-electron chi connectivity index (χ3n) is 4.45. The van der Waals surface area contributed by atoms with E-state index in [4.69, 9.17) is 4.74 Å². The van der Waals surface area contributed by atoms with Crippen molar-refractivity contribution >= 4 is 11.9 Å². The molecule has 0 aromatic heterocycles. The van der Waals surface area contributed by atoms with Gasteiger partial charge in [-0.3, -0.25) is 4.79 Å². The van der Waals surface area contributed by atoms with Crippen molar-refractivity contribution < 1.29 is 14.3 Å². The van der Waals surface area contributed by atoms with E-state index in [1.807, 2.05) is 26.8 Å². The maximum Gasteiger partial charge on any atom is 0.330 e. The number of ether oxygens (including phenoxy) is 1. The lowest BCUT2D eigenvalue weighted by atomic mass is 10.0. The molecule has 0 aromatic rings. The number of allylic oxidation sites excluding steroid dienone is 6. The van der Waals surface area contributed by atoms with Crippen molar-refractivity contribution in [3.05, 3.63) is 46.6 Å². The lowest BCUT2D eigenvalue weighted by Crippen LogP contribution is -2.22. The van der Waals surface area contributed by atoms with Crippen LogP contribution in [0.15, 0.2) is 46.6 Å². The van der Waals surface area contributed by atoms with Gasteiger partial charge in [-0.15, -0.1) is 0 Å². The first-order chi connectivity index (χ1) is 13.2. The van der Waals surface area contributed by atoms with Crippen LogP contribution in [0.4, 0.5) is 0 Å². The van der Waals surface area contributed by atoms with Gasteiger partial charge in [0.15, 0.2) is 0 Å². The number of carbonyl (C=O) groups excluding carboxylic acids is 2. The highest BCUT2D eigenvalue weighted by Crippen LogP contribution is 2.14. The molecular formula is C24H39NO3. The summed E-state index contributed by atoms with van der Waals surface area (Å²) in [7, 11) is 3.55. The maximum atomic E-state index is 11.8. The molecular weight excluding hydrogens is 350 g/mol. The molecule has 0 spiro atoms. The van der Waals surface area contributed by atoms with Gasteiger partial charge in [-0.05, 0) is 73.1 Å². The molecule has 4 nitrogen and oxygen atoms in total. The summed E-state index contributed by atoms with van der Waals surface area (Å²) < 4.78 is 4.92. The number of hydrogen-bond donors (Lipinski definition) is 0. The van der Waals surface area contributed by atoms with Crippen LogP contribution >= 0.6 is 0 Å². The van der Waals surface area contributed by atoms with E-state index in [2.05, 4.69) is 26.0 Å². The molecule has 0 saturated carbocycles. The predicted molar refractivity (Wildman–Crippen MR) is 118 cm³/mol. The van der Waals surface area contributed by atoms with Crippen LogP contribution in [0, 0.1) is 0 Å². The van der Waals surface area contributed by atoms with Crippen LogP contribution in [0.3, 0.4) is 0 Å². The van der Waals surface area contributed by atoms with E-state index < -0.39 is 0 Å². The summed E-state index contributed by atoms with van der Waals surface area (Å²) in [5, 5.41) is 0. The van der Waals surface area contributed by atoms with Gasteiger partial charge in [0.1, 0.15) is 0 Å². The van der Waals surface area contributed by atoms with E-state index in [1.165, 1.54) is 11.1 Å². The number of esters is 1. The molecule has 4 heteroatoms. The third kappa shape index (κ3) is 13.1. The summed E-state index contributed by atoms with van der Waals surface area (Å²) >= 11 is 0. The van der Waals surface area contributed by atoms with E-state index in [1.54, 1.807) is 25.1 Å². The van der Waals surface area contributed by atoms with Crippen molar-refractivity contribution in [3.63, 3.8) is 0 Å². The quantitative estimate of drug-likeness (QED) is 0.242. The standard InChI is InChI=1S/C24H39NO3/c1-8-28-23(26)18-21(4)16-10-14-19(2)12-9-13-20(3)15-11-17-22(5)24(27)25(6)7/h13-14,17-18H,8-12,15-16H2,1-7H3/b19-14+,20-13+,21-18+,22-17+. The van der Waals surface area contributed by atoms with Crippen LogP contribution < -0.4 is 0 Å². The van der Waals surface area contributed by atoms with Gasteiger partial charge in [0.05, 0.1) is 6.61 Å². The average Bonchev–Trinajstić information content (AvgIpc) is 2.60. The number of likely N-dealkylation sites (N-methyl/N-ethyl adjacent to an activating group) is 1. The molecule has 1 amide bonds. The van der Waals surface area contributed by atoms with Crippen molar-refractivity contribution in [2.75, 3.05) is 20.7 Å². The Labute approximate surface area is 172 Å². The number of hydrogen-bond acceptors (Lipinski definition) is 3. The summed E-state index contributed by atoms with van der Waals surface area (Å²) in [6, 6.07) is 0. The molecule has 0 heterocycles. The predicted octanol–water partition coefficient (Wildman–Crippen LogP) is 5.76. The minimum atomic E-state index is -0.252. The third-order valence-corrected chi connectivity index (χ3v) is 4.45. The summed E-state index contributed by atoms with van der Waals surface area (Å²) in [6.07, 6.45) is 13.9. The molecule has 0 unspecified atom stereocenters. The topological polar surface area (TPSA) is 46.6 Å². The van der Waals surface area contributed by atoms with Crippen LogP contribution in [0.1, 0.15) is 73.1 Å². The largest absolute Gasteiger partial charge is 0.463 e. The molecule has 0 bridgehead atoms. The SMILES string of the molecule is CCOC(=O)/C=C(\C)CC/C=C(\C)CC/C=C(\C)CC/C=C(\C)C(=O)N(C)C. The zero-order valence-corrected chi connectivity index (χ0v) is 18.9. The van der Waals surface area contributed by atoms with Crippen LogP contribution in [0.25, 0.3) is 0 Å². The van der Waals surface area contributed by atoms with Crippen LogP contribution in [-0.2, 0) is 14.3 Å². The smallest absolute Gasteiger partial charge is 0.330 e. The Bertz CT molecular complexity index is 622. The van der Waals surface area contributed by atoms with Gasteiger partial charge in [0, 0.05) is 25.7 Å². The van der Waals surface area contributed by atoms with E-state index in [-0.39, 0.29) is 11.9 Å². The Balaban J connectivity index is 4.21. The molecule has 158 valence electrons. The molecule has 0 atom stereocenters. The number of carbonyl (C=O) groups is 2. The molecule has 0 aliphatic carbocycles. The molecule has 0 N–H and O–H groups in total. The molecule has 0 aliphatic rings. The second kappa shape index (κ2) is 14.9. The van der Waals surface area contributed by atoms with E-state index in [0.717, 1.165) is 49.7 Å². The molecule has 0 aromatic carbocycles. The second-order valence-electron chi connectivity index (χ2n) is 7.55. The minimum absolute atomic E-state index is 0.0785. The maximum absolute atomic E-state index is 11.8. The van der Waals surface area contributed by atoms with Crippen molar-refractivity contribution in [2.24, 2.45) is 0 Å². The van der Waals surface area contributed by atoms with Crippen LogP contribution in [-0.4, -0.2) is 37.5 Å². The van der Waals surface area contributed by atoms with Crippen molar-refractivity contribution in [3.8, 4) is 0 Å². The Hall–Kier alpha value is -2.10. The van der Waals surface area contributed by atoms with E-state index in [9.17, 15) is 9.59 Å².